The van der Waals surface area contributed by atoms with Crippen molar-refractivity contribution >= 4 is 22.8 Å². The molecule has 0 fully saturated rings. The van der Waals surface area contributed by atoms with Crippen LogP contribution >= 0.6 is 0 Å². The molecular weight excluding hydrogens is 122 g/mol. The second kappa shape index (κ2) is 4.51. The zero-order valence-electron chi connectivity index (χ0n) is 4.32. The van der Waals surface area contributed by atoms with Gasteiger partial charge < -0.3 is 0 Å². The summed E-state index contributed by atoms with van der Waals surface area (Å²) in [6, 6.07) is 0. The van der Waals surface area contributed by atoms with Gasteiger partial charge in [-0.25, -0.2) is 0 Å². The molecule has 0 spiro atoms. The third-order valence-corrected chi connectivity index (χ3v) is 0.352. The minimum absolute atomic E-state index is 0. The van der Waals surface area contributed by atoms with Crippen molar-refractivity contribution in [2.24, 2.45) is 0 Å². The van der Waals surface area contributed by atoms with Gasteiger partial charge in [0.25, 0.3) is 0 Å². The van der Waals surface area contributed by atoms with E-state index in [1.807, 2.05) is 5.32 Å². The van der Waals surface area contributed by atoms with Crippen LogP contribution in [0.2, 0.25) is 0 Å². The Labute approximate surface area is 52.5 Å². The number of rotatable bonds is 0. The summed E-state index contributed by atoms with van der Waals surface area (Å²) in [6.07, 6.45) is 0. The lowest BCUT2D eigenvalue weighted by Crippen LogP contribution is -2.24. The number of imide groups is 1. The Hall–Kier alpha value is -0.643. The quantitative estimate of drug-likeness (QED) is 0.397. The topological polar surface area (TPSA) is 46.2 Å². The molecule has 0 saturated heterocycles. The van der Waals surface area contributed by atoms with E-state index in [1.165, 1.54) is 13.8 Å². The lowest BCUT2D eigenvalue weighted by molar-refractivity contribution is -0.127. The maximum atomic E-state index is 9.92. The fraction of sp³-hybridized carbons (Fsp3) is 0.500. The van der Waals surface area contributed by atoms with E-state index in [9.17, 15) is 9.59 Å². The summed E-state index contributed by atoms with van der Waals surface area (Å²) < 4.78 is 0. The van der Waals surface area contributed by atoms with Crippen molar-refractivity contribution in [1.29, 1.82) is 0 Å². The van der Waals surface area contributed by atoms with Crippen LogP contribution in [0.5, 0.6) is 0 Å². The molecule has 0 unspecified atom stereocenters. The molecule has 4 heteroatoms. The van der Waals surface area contributed by atoms with E-state index >= 15 is 0 Å². The number of nitrogens with one attached hydrogen (secondary N) is 1. The van der Waals surface area contributed by atoms with Crippen LogP contribution < -0.4 is 5.32 Å². The first kappa shape index (κ1) is 10.4. The minimum Gasteiger partial charge on any atom is -0.297 e. The van der Waals surface area contributed by atoms with Crippen LogP contribution in [0.4, 0.5) is 0 Å². The van der Waals surface area contributed by atoms with E-state index < -0.39 is 0 Å². The van der Waals surface area contributed by atoms with Crippen LogP contribution in [0.15, 0.2) is 0 Å². The normalized spacial score (nSPS) is 6.75. The van der Waals surface area contributed by atoms with E-state index in [0.717, 1.165) is 0 Å². The lowest BCUT2D eigenvalue weighted by Gasteiger charge is -1.88. The zero-order chi connectivity index (χ0) is 5.86. The van der Waals surface area contributed by atoms with Gasteiger partial charge in [0, 0.05) is 13.8 Å². The highest BCUT2D eigenvalue weighted by Gasteiger charge is 1.90. The predicted octanol–water partition coefficient (Wildman–Crippen LogP) is -1.78. The van der Waals surface area contributed by atoms with Crippen LogP contribution in [0.3, 0.4) is 0 Å². The molecule has 0 aromatic carbocycles. The van der Waals surface area contributed by atoms with Gasteiger partial charge in [-0.05, 0) is 11.0 Å². The van der Waals surface area contributed by atoms with Gasteiger partial charge in [0.05, 0.1) is 0 Å². The molecule has 0 aromatic rings. The van der Waals surface area contributed by atoms with E-state index in [2.05, 4.69) is 0 Å². The highest BCUT2D eigenvalue weighted by atomic mass is 28.1. The summed E-state index contributed by atoms with van der Waals surface area (Å²) in [6.45, 7) is 2.59. The fourth-order valence-corrected chi connectivity index (χ4v) is 0.248. The largest absolute Gasteiger partial charge is 0.297 e. The Morgan fingerprint density at radius 1 is 1.12 bits per heavy atom. The standard InChI is InChI=1S/C4H7NO2.H4Si/c1-3(6)5-4(2)7;/h1-2H3,(H,5,6,7);1H4. The number of hydrogen-bond acceptors (Lipinski definition) is 2. The number of carbonyl (C=O) groups excluding carboxylic acids is 2. The van der Waals surface area contributed by atoms with Crippen LogP contribution in [-0.2, 0) is 9.59 Å². The van der Waals surface area contributed by atoms with Crippen LogP contribution in [0.1, 0.15) is 13.8 Å². The molecule has 1 N–H and O–H groups in total. The van der Waals surface area contributed by atoms with Gasteiger partial charge in [-0.1, -0.05) is 0 Å². The number of amides is 2. The molecule has 0 heterocycles. The Kier molecular flexibility index (Phi) is 5.85. The average molecular weight is 133 g/mol. The maximum Gasteiger partial charge on any atom is 0.223 e. The monoisotopic (exact) mass is 133 g/mol. The Morgan fingerprint density at radius 3 is 1.38 bits per heavy atom. The van der Waals surface area contributed by atoms with Gasteiger partial charge >= 0.3 is 0 Å². The van der Waals surface area contributed by atoms with Crippen molar-refractivity contribution in [3.05, 3.63) is 0 Å². The van der Waals surface area contributed by atoms with Crippen molar-refractivity contribution < 1.29 is 9.59 Å². The maximum absolute atomic E-state index is 9.92. The smallest absolute Gasteiger partial charge is 0.223 e. The fourth-order valence-electron chi connectivity index (χ4n) is 0.248. The average Bonchev–Trinajstić information content (AvgIpc) is 1.27. The molecule has 2 amide bonds. The SMILES string of the molecule is CC(=O)NC(C)=O.[SiH4]. The molecule has 0 bridgehead atoms. The Morgan fingerprint density at radius 2 is 1.38 bits per heavy atom. The number of hydrogen-bond donors (Lipinski definition) is 1. The molecule has 0 aliphatic rings. The lowest BCUT2D eigenvalue weighted by atomic mass is 10.6. The molecular formula is C4H11NO2Si. The van der Waals surface area contributed by atoms with Crippen molar-refractivity contribution in [2.45, 2.75) is 13.8 Å². The summed E-state index contributed by atoms with van der Waals surface area (Å²) in [7, 11) is 0. The number of carbonyl (C=O) groups is 2. The zero-order valence-corrected chi connectivity index (χ0v) is 4.32. The van der Waals surface area contributed by atoms with Crippen LogP contribution in [0.25, 0.3) is 0 Å². The molecule has 8 heavy (non-hydrogen) atoms. The predicted molar refractivity (Wildman–Crippen MR) is 35.8 cm³/mol. The van der Waals surface area contributed by atoms with Gasteiger partial charge in [0.1, 0.15) is 0 Å². The van der Waals surface area contributed by atoms with Gasteiger partial charge in [-0.2, -0.15) is 0 Å². The Bertz CT molecular complexity index is 90.2. The first-order valence-corrected chi connectivity index (χ1v) is 1.91. The Balaban J connectivity index is 0. The van der Waals surface area contributed by atoms with Crippen molar-refractivity contribution in [1.82, 2.24) is 5.32 Å². The summed E-state index contributed by atoms with van der Waals surface area (Å²) in [5.74, 6) is -0.625. The van der Waals surface area contributed by atoms with E-state index in [1.54, 1.807) is 0 Å². The summed E-state index contributed by atoms with van der Waals surface area (Å²) >= 11 is 0. The molecule has 3 nitrogen and oxygen atoms in total. The van der Waals surface area contributed by atoms with Crippen LogP contribution in [-0.4, -0.2) is 22.8 Å². The molecule has 48 valence electrons. The summed E-state index contributed by atoms with van der Waals surface area (Å²) in [4.78, 5) is 19.8. The third-order valence-electron chi connectivity index (χ3n) is 0.352. The van der Waals surface area contributed by atoms with Gasteiger partial charge in [-0.15, -0.1) is 0 Å². The van der Waals surface area contributed by atoms with E-state index in [4.69, 9.17) is 0 Å². The van der Waals surface area contributed by atoms with Gasteiger partial charge in [0.15, 0.2) is 0 Å². The molecule has 0 saturated carbocycles. The first-order valence-electron chi connectivity index (χ1n) is 1.91. The second-order valence-corrected chi connectivity index (χ2v) is 1.24. The third kappa shape index (κ3) is 9.02. The molecule has 0 aliphatic carbocycles. The van der Waals surface area contributed by atoms with E-state index in [0.29, 0.717) is 0 Å². The first-order chi connectivity index (χ1) is 3.13. The van der Waals surface area contributed by atoms with Crippen molar-refractivity contribution in [3.8, 4) is 0 Å². The van der Waals surface area contributed by atoms with Crippen molar-refractivity contribution in [2.75, 3.05) is 0 Å². The molecule has 0 aliphatic heterocycles. The molecule has 0 rings (SSSR count). The highest BCUT2D eigenvalue weighted by molar-refractivity contribution is 5.92. The minimum atomic E-state index is -0.312. The van der Waals surface area contributed by atoms with Crippen LogP contribution in [0, 0.1) is 0 Å². The highest BCUT2D eigenvalue weighted by Crippen LogP contribution is 1.58. The molecule has 0 radical (unpaired) electrons. The summed E-state index contributed by atoms with van der Waals surface area (Å²) in [5.41, 5.74) is 0. The van der Waals surface area contributed by atoms with E-state index in [-0.39, 0.29) is 22.8 Å². The molecule has 0 aromatic heterocycles. The summed E-state index contributed by atoms with van der Waals surface area (Å²) in [5, 5.41) is 2.03. The van der Waals surface area contributed by atoms with Gasteiger partial charge in [0.2, 0.25) is 11.8 Å². The second-order valence-electron chi connectivity index (χ2n) is 1.24. The molecule has 0 atom stereocenters. The van der Waals surface area contributed by atoms with Crippen molar-refractivity contribution in [3.63, 3.8) is 0 Å². The van der Waals surface area contributed by atoms with Gasteiger partial charge in [-0.3, -0.25) is 14.9 Å².